The van der Waals surface area contributed by atoms with Crippen LogP contribution >= 0.6 is 11.6 Å². The molecule has 0 atom stereocenters. The molecule has 2 aromatic heterocycles. The van der Waals surface area contributed by atoms with Gasteiger partial charge in [-0.15, -0.1) is 0 Å². The van der Waals surface area contributed by atoms with Gasteiger partial charge in [-0.3, -0.25) is 14.6 Å². The average Bonchev–Trinajstić information content (AvgIpc) is 3.29. The molecule has 146 valence electrons. The number of esters is 1. The number of aromatic nitrogens is 4. The second kappa shape index (κ2) is 8.26. The van der Waals surface area contributed by atoms with Gasteiger partial charge in [0.1, 0.15) is 5.69 Å². The average molecular weight is 402 g/mol. The van der Waals surface area contributed by atoms with Crippen LogP contribution in [-0.4, -0.2) is 38.0 Å². The molecule has 0 aliphatic heterocycles. The number of rotatable bonds is 6. The summed E-state index contributed by atoms with van der Waals surface area (Å²) in [6.07, 6.45) is 1.29. The first kappa shape index (κ1) is 19.6. The van der Waals surface area contributed by atoms with Crippen molar-refractivity contribution < 1.29 is 14.3 Å². The molecule has 1 aromatic carbocycles. The van der Waals surface area contributed by atoms with Crippen LogP contribution in [0, 0.1) is 0 Å². The number of aryl methyl sites for hydroxylation is 1. The van der Waals surface area contributed by atoms with Crippen LogP contribution in [0.4, 0.5) is 5.69 Å². The van der Waals surface area contributed by atoms with Crippen molar-refractivity contribution in [3.8, 4) is 11.3 Å². The highest BCUT2D eigenvalue weighted by Gasteiger charge is 2.22. The van der Waals surface area contributed by atoms with E-state index in [1.165, 1.54) is 0 Å². The van der Waals surface area contributed by atoms with Crippen LogP contribution in [0.2, 0.25) is 5.02 Å². The molecule has 9 heteroatoms. The van der Waals surface area contributed by atoms with Gasteiger partial charge in [0.15, 0.2) is 5.69 Å². The van der Waals surface area contributed by atoms with Crippen molar-refractivity contribution in [1.29, 1.82) is 0 Å². The van der Waals surface area contributed by atoms with E-state index in [1.54, 1.807) is 42.9 Å². The van der Waals surface area contributed by atoms with Crippen molar-refractivity contribution in [2.75, 3.05) is 5.32 Å². The number of benzene rings is 1. The van der Waals surface area contributed by atoms with Gasteiger partial charge in [-0.05, 0) is 39.0 Å². The maximum absolute atomic E-state index is 12.6. The molecule has 8 nitrogen and oxygen atoms in total. The summed E-state index contributed by atoms with van der Waals surface area (Å²) in [5.74, 6) is -1.04. The van der Waals surface area contributed by atoms with Crippen molar-refractivity contribution in [3.05, 3.63) is 52.9 Å². The first-order valence-corrected chi connectivity index (χ1v) is 9.16. The SMILES string of the molecule is CCn1cc(NC(=O)c2cc(-c3ccc(Cl)cc3)n[nH]2)c(C(=O)OC(C)C)n1. The maximum Gasteiger partial charge on any atom is 0.361 e. The van der Waals surface area contributed by atoms with Gasteiger partial charge < -0.3 is 10.1 Å². The highest BCUT2D eigenvalue weighted by molar-refractivity contribution is 6.30. The van der Waals surface area contributed by atoms with Gasteiger partial charge in [0.25, 0.3) is 5.91 Å². The Hall–Kier alpha value is -3.13. The second-order valence-electron chi connectivity index (χ2n) is 6.33. The Kier molecular flexibility index (Phi) is 5.79. The Bertz CT molecular complexity index is 991. The van der Waals surface area contributed by atoms with Gasteiger partial charge in [-0.25, -0.2) is 4.79 Å². The number of carbonyl (C=O) groups is 2. The number of hydrogen-bond donors (Lipinski definition) is 2. The molecule has 0 saturated carbocycles. The first-order chi connectivity index (χ1) is 13.4. The summed E-state index contributed by atoms with van der Waals surface area (Å²) in [5, 5.41) is 14.3. The van der Waals surface area contributed by atoms with Crippen LogP contribution in [0.1, 0.15) is 41.7 Å². The molecule has 2 heterocycles. The molecule has 28 heavy (non-hydrogen) atoms. The Balaban J connectivity index is 1.80. The minimum absolute atomic E-state index is 0.0568. The van der Waals surface area contributed by atoms with Crippen LogP contribution in [-0.2, 0) is 11.3 Å². The van der Waals surface area contributed by atoms with Crippen molar-refractivity contribution >= 4 is 29.2 Å². The summed E-state index contributed by atoms with van der Waals surface area (Å²) in [5.41, 5.74) is 2.00. The van der Waals surface area contributed by atoms with Gasteiger partial charge in [0.2, 0.25) is 0 Å². The van der Waals surface area contributed by atoms with Crippen molar-refractivity contribution in [3.63, 3.8) is 0 Å². The number of anilines is 1. The summed E-state index contributed by atoms with van der Waals surface area (Å²) < 4.78 is 6.75. The van der Waals surface area contributed by atoms with E-state index in [4.69, 9.17) is 16.3 Å². The van der Waals surface area contributed by atoms with E-state index in [0.29, 0.717) is 17.3 Å². The highest BCUT2D eigenvalue weighted by atomic mass is 35.5. The Morgan fingerprint density at radius 1 is 1.29 bits per heavy atom. The predicted octanol–water partition coefficient (Wildman–Crippen LogP) is 3.76. The van der Waals surface area contributed by atoms with E-state index in [-0.39, 0.29) is 23.2 Å². The summed E-state index contributed by atoms with van der Waals surface area (Å²) >= 11 is 5.89. The van der Waals surface area contributed by atoms with E-state index >= 15 is 0 Å². The van der Waals surface area contributed by atoms with Crippen LogP contribution < -0.4 is 5.32 Å². The molecular weight excluding hydrogens is 382 g/mol. The minimum Gasteiger partial charge on any atom is -0.458 e. The van der Waals surface area contributed by atoms with E-state index in [2.05, 4.69) is 20.6 Å². The minimum atomic E-state index is -0.594. The molecule has 3 rings (SSSR count). The number of aromatic amines is 1. The lowest BCUT2D eigenvalue weighted by Crippen LogP contribution is -2.17. The summed E-state index contributed by atoms with van der Waals surface area (Å²) in [6, 6.07) is 8.74. The molecule has 0 aliphatic carbocycles. The number of amides is 1. The molecule has 0 spiro atoms. The quantitative estimate of drug-likeness (QED) is 0.612. The summed E-state index contributed by atoms with van der Waals surface area (Å²) in [7, 11) is 0. The second-order valence-corrected chi connectivity index (χ2v) is 6.77. The summed E-state index contributed by atoms with van der Waals surface area (Å²) in [4.78, 5) is 24.9. The molecule has 0 radical (unpaired) electrons. The Labute approximate surface area is 166 Å². The van der Waals surface area contributed by atoms with Crippen LogP contribution in [0.25, 0.3) is 11.3 Å². The van der Waals surface area contributed by atoms with E-state index in [9.17, 15) is 9.59 Å². The lowest BCUT2D eigenvalue weighted by atomic mass is 10.1. The van der Waals surface area contributed by atoms with Crippen molar-refractivity contribution in [1.82, 2.24) is 20.0 Å². The number of halogens is 1. The number of hydrogen-bond acceptors (Lipinski definition) is 5. The molecule has 1 amide bonds. The number of nitrogens with zero attached hydrogens (tertiary/aromatic N) is 3. The van der Waals surface area contributed by atoms with Gasteiger partial charge in [0.05, 0.1) is 17.5 Å². The van der Waals surface area contributed by atoms with Crippen LogP contribution in [0.5, 0.6) is 0 Å². The van der Waals surface area contributed by atoms with E-state index in [1.807, 2.05) is 19.1 Å². The number of carbonyl (C=O) groups excluding carboxylic acids is 2. The Morgan fingerprint density at radius 3 is 2.64 bits per heavy atom. The topological polar surface area (TPSA) is 102 Å². The standard InChI is InChI=1S/C19H20ClN5O3/c1-4-25-10-16(17(24-25)19(27)28-11(2)3)21-18(26)15-9-14(22-23-15)12-5-7-13(20)8-6-12/h5-11H,4H2,1-3H3,(H,21,26)(H,22,23). The zero-order chi connectivity index (χ0) is 20.3. The number of H-pyrrole nitrogens is 1. The molecule has 0 aliphatic rings. The van der Waals surface area contributed by atoms with Gasteiger partial charge >= 0.3 is 5.97 Å². The zero-order valence-electron chi connectivity index (χ0n) is 15.7. The lowest BCUT2D eigenvalue weighted by molar-refractivity contribution is 0.0371. The molecule has 2 N–H and O–H groups in total. The third kappa shape index (κ3) is 4.40. The fourth-order valence-electron chi connectivity index (χ4n) is 2.49. The molecule has 0 fully saturated rings. The van der Waals surface area contributed by atoms with E-state index < -0.39 is 11.9 Å². The smallest absolute Gasteiger partial charge is 0.361 e. The van der Waals surface area contributed by atoms with Gasteiger partial charge in [0, 0.05) is 23.3 Å². The fourth-order valence-corrected chi connectivity index (χ4v) is 2.62. The summed E-state index contributed by atoms with van der Waals surface area (Å²) in [6.45, 7) is 5.91. The third-order valence-electron chi connectivity index (χ3n) is 3.83. The molecule has 0 bridgehead atoms. The van der Waals surface area contributed by atoms with Gasteiger partial charge in [-0.2, -0.15) is 10.2 Å². The van der Waals surface area contributed by atoms with Gasteiger partial charge in [-0.1, -0.05) is 23.7 Å². The first-order valence-electron chi connectivity index (χ1n) is 8.78. The third-order valence-corrected chi connectivity index (χ3v) is 4.08. The van der Waals surface area contributed by atoms with Crippen LogP contribution in [0.15, 0.2) is 36.5 Å². The van der Waals surface area contributed by atoms with Crippen molar-refractivity contribution in [2.45, 2.75) is 33.4 Å². The number of nitrogens with one attached hydrogen (secondary N) is 2. The maximum atomic E-state index is 12.6. The fraction of sp³-hybridized carbons (Fsp3) is 0.263. The molecule has 0 unspecified atom stereocenters. The molecule has 3 aromatic rings. The van der Waals surface area contributed by atoms with Crippen molar-refractivity contribution in [2.24, 2.45) is 0 Å². The normalized spacial score (nSPS) is 10.9. The monoisotopic (exact) mass is 401 g/mol. The number of ether oxygens (including phenoxy) is 1. The molecular formula is C19H20ClN5O3. The zero-order valence-corrected chi connectivity index (χ0v) is 16.4. The largest absolute Gasteiger partial charge is 0.458 e. The predicted molar refractivity (Wildman–Crippen MR) is 105 cm³/mol. The van der Waals surface area contributed by atoms with E-state index in [0.717, 1.165) is 5.56 Å². The highest BCUT2D eigenvalue weighted by Crippen LogP contribution is 2.21. The molecule has 0 saturated heterocycles. The Morgan fingerprint density at radius 2 is 2.00 bits per heavy atom. The van der Waals surface area contributed by atoms with Crippen LogP contribution in [0.3, 0.4) is 0 Å². The lowest BCUT2D eigenvalue weighted by Gasteiger charge is -2.07.